The van der Waals surface area contributed by atoms with E-state index >= 15 is 0 Å². The fourth-order valence-corrected chi connectivity index (χ4v) is 3.10. The highest BCUT2D eigenvalue weighted by atomic mass is 79.9. The number of nitrogens with zero attached hydrogens (tertiary/aromatic N) is 1. The van der Waals surface area contributed by atoms with Crippen LogP contribution in [0.15, 0.2) is 28.2 Å². The maximum Gasteiger partial charge on any atom is 0.262 e. The van der Waals surface area contributed by atoms with Crippen molar-refractivity contribution in [1.29, 1.82) is 5.26 Å². The van der Waals surface area contributed by atoms with Crippen LogP contribution < -0.4 is 5.32 Å². The summed E-state index contributed by atoms with van der Waals surface area (Å²) in [6.07, 6.45) is 5.77. The predicted molar refractivity (Wildman–Crippen MR) is 89.0 cm³/mol. The third-order valence-corrected chi connectivity index (χ3v) is 4.58. The molecule has 1 saturated carbocycles. The first-order valence-electron chi connectivity index (χ1n) is 7.42. The van der Waals surface area contributed by atoms with Crippen LogP contribution in [-0.2, 0) is 4.79 Å². The number of phenols is 1. The molecule has 0 bridgehead atoms. The number of rotatable bonds is 3. The fraction of sp³-hybridized carbons (Fsp3) is 0.412. The first-order valence-corrected chi connectivity index (χ1v) is 8.21. The summed E-state index contributed by atoms with van der Waals surface area (Å²) < 4.78 is 0.773. The lowest BCUT2D eigenvalue weighted by atomic mass is 9.86. The van der Waals surface area contributed by atoms with Crippen molar-refractivity contribution in [2.24, 2.45) is 5.92 Å². The van der Waals surface area contributed by atoms with Crippen molar-refractivity contribution in [1.82, 2.24) is 5.32 Å². The molecule has 1 aliphatic rings. The molecule has 1 aliphatic carbocycles. The van der Waals surface area contributed by atoms with Crippen molar-refractivity contribution >= 4 is 27.9 Å². The molecule has 22 heavy (non-hydrogen) atoms. The van der Waals surface area contributed by atoms with Crippen LogP contribution in [-0.4, -0.2) is 17.1 Å². The summed E-state index contributed by atoms with van der Waals surface area (Å²) in [6.45, 7) is 2.13. The summed E-state index contributed by atoms with van der Waals surface area (Å²) in [6, 6.07) is 6.93. The molecule has 0 saturated heterocycles. The van der Waals surface area contributed by atoms with Gasteiger partial charge in [-0.25, -0.2) is 0 Å². The number of carbonyl (C=O) groups is 1. The number of hydrogen-bond donors (Lipinski definition) is 2. The molecule has 0 aliphatic heterocycles. The van der Waals surface area contributed by atoms with Gasteiger partial charge in [-0.2, -0.15) is 5.26 Å². The Morgan fingerprint density at radius 2 is 2.18 bits per heavy atom. The van der Waals surface area contributed by atoms with Crippen LogP contribution in [0.3, 0.4) is 0 Å². The van der Waals surface area contributed by atoms with Gasteiger partial charge in [-0.3, -0.25) is 4.79 Å². The summed E-state index contributed by atoms with van der Waals surface area (Å²) in [5.41, 5.74) is 0.448. The number of phenolic OH excluding ortho intramolecular Hbond substituents is 1. The number of halogens is 1. The molecular formula is C17H19BrN2O2. The zero-order valence-corrected chi connectivity index (χ0v) is 14.1. The van der Waals surface area contributed by atoms with Crippen LogP contribution in [0.4, 0.5) is 0 Å². The largest absolute Gasteiger partial charge is 0.507 e. The number of benzene rings is 1. The molecule has 0 heterocycles. The molecule has 0 spiro atoms. The van der Waals surface area contributed by atoms with Crippen LogP contribution >= 0.6 is 15.9 Å². The first kappa shape index (κ1) is 16.6. The Bertz CT molecular complexity index is 634. The van der Waals surface area contributed by atoms with Gasteiger partial charge in [0.15, 0.2) is 0 Å². The molecule has 2 N–H and O–H groups in total. The normalized spacial score (nSPS) is 22.0. The SMILES string of the molecule is C[C@H]1CCCC[C@@H]1NC(=O)/C(C#N)=C/c1cc(Br)ccc1O. The van der Waals surface area contributed by atoms with Gasteiger partial charge in [0.2, 0.25) is 0 Å². The number of nitriles is 1. The molecule has 0 aromatic heterocycles. The molecule has 1 aromatic carbocycles. The average Bonchev–Trinajstić information content (AvgIpc) is 2.50. The summed E-state index contributed by atoms with van der Waals surface area (Å²) >= 11 is 3.31. The van der Waals surface area contributed by atoms with Crippen molar-refractivity contribution < 1.29 is 9.90 Å². The van der Waals surface area contributed by atoms with Crippen molar-refractivity contribution in [3.8, 4) is 11.8 Å². The summed E-state index contributed by atoms with van der Waals surface area (Å²) in [5.74, 6) is 0.0901. The second-order valence-corrected chi connectivity index (χ2v) is 6.63. The third-order valence-electron chi connectivity index (χ3n) is 4.08. The van der Waals surface area contributed by atoms with Crippen LogP contribution in [0, 0.1) is 17.2 Å². The Balaban J connectivity index is 2.16. The molecular weight excluding hydrogens is 344 g/mol. The highest BCUT2D eigenvalue weighted by Gasteiger charge is 2.24. The Kier molecular flexibility index (Phi) is 5.62. The molecule has 2 rings (SSSR count). The molecule has 2 atom stereocenters. The van der Waals surface area contributed by atoms with Gasteiger partial charge in [-0.05, 0) is 43.0 Å². The number of hydrogen-bond acceptors (Lipinski definition) is 3. The molecule has 1 aromatic rings. The monoisotopic (exact) mass is 362 g/mol. The van der Waals surface area contributed by atoms with E-state index in [1.54, 1.807) is 12.1 Å². The van der Waals surface area contributed by atoms with E-state index in [4.69, 9.17) is 0 Å². The maximum absolute atomic E-state index is 12.3. The van der Waals surface area contributed by atoms with Gasteiger partial charge >= 0.3 is 0 Å². The van der Waals surface area contributed by atoms with Crippen LogP contribution in [0.1, 0.15) is 38.2 Å². The van der Waals surface area contributed by atoms with Crippen molar-refractivity contribution in [2.45, 2.75) is 38.6 Å². The summed E-state index contributed by atoms with van der Waals surface area (Å²) in [4.78, 5) is 12.3. The summed E-state index contributed by atoms with van der Waals surface area (Å²) in [7, 11) is 0. The highest BCUT2D eigenvalue weighted by Crippen LogP contribution is 2.26. The highest BCUT2D eigenvalue weighted by molar-refractivity contribution is 9.10. The Morgan fingerprint density at radius 1 is 1.45 bits per heavy atom. The van der Waals surface area contributed by atoms with E-state index in [9.17, 15) is 15.2 Å². The maximum atomic E-state index is 12.3. The lowest BCUT2D eigenvalue weighted by Crippen LogP contribution is -2.41. The minimum absolute atomic E-state index is 0.00572. The number of aromatic hydroxyl groups is 1. The van der Waals surface area contributed by atoms with E-state index in [-0.39, 0.29) is 23.3 Å². The minimum Gasteiger partial charge on any atom is -0.507 e. The van der Waals surface area contributed by atoms with Crippen LogP contribution in [0.25, 0.3) is 6.08 Å². The molecule has 0 unspecified atom stereocenters. The standard InChI is InChI=1S/C17H19BrN2O2/c1-11-4-2-3-5-15(11)20-17(22)13(10-19)8-12-9-14(18)6-7-16(12)21/h6-9,11,15,21H,2-5H2,1H3,(H,20,22)/b13-8+/t11-,15-/m0/s1. The van der Waals surface area contributed by atoms with E-state index in [2.05, 4.69) is 28.2 Å². The molecule has 1 amide bonds. The minimum atomic E-state index is -0.374. The first-order chi connectivity index (χ1) is 10.5. The Labute approximate surface area is 139 Å². The Morgan fingerprint density at radius 3 is 2.86 bits per heavy atom. The van der Waals surface area contributed by atoms with E-state index in [1.807, 2.05) is 6.07 Å². The van der Waals surface area contributed by atoms with Crippen LogP contribution in [0.5, 0.6) is 5.75 Å². The van der Waals surface area contributed by atoms with Gasteiger partial charge in [-0.1, -0.05) is 35.7 Å². The second-order valence-electron chi connectivity index (χ2n) is 5.71. The van der Waals surface area contributed by atoms with E-state index in [0.717, 1.165) is 23.7 Å². The third kappa shape index (κ3) is 4.11. The van der Waals surface area contributed by atoms with Gasteiger partial charge < -0.3 is 10.4 Å². The van der Waals surface area contributed by atoms with Gasteiger partial charge in [0.1, 0.15) is 17.4 Å². The summed E-state index contributed by atoms with van der Waals surface area (Å²) in [5, 5.41) is 22.0. The van der Waals surface area contributed by atoms with Crippen molar-refractivity contribution in [2.75, 3.05) is 0 Å². The van der Waals surface area contributed by atoms with Crippen molar-refractivity contribution in [3.63, 3.8) is 0 Å². The van der Waals surface area contributed by atoms with Crippen molar-refractivity contribution in [3.05, 3.63) is 33.8 Å². The molecule has 1 fully saturated rings. The number of carbonyl (C=O) groups excluding carboxylic acids is 1. The zero-order chi connectivity index (χ0) is 16.1. The zero-order valence-electron chi connectivity index (χ0n) is 12.5. The quantitative estimate of drug-likeness (QED) is 0.635. The van der Waals surface area contributed by atoms with E-state index in [0.29, 0.717) is 11.5 Å². The number of amides is 1. The van der Waals surface area contributed by atoms with Crippen LogP contribution in [0.2, 0.25) is 0 Å². The molecule has 5 heteroatoms. The van der Waals surface area contributed by atoms with E-state index in [1.165, 1.54) is 18.6 Å². The lowest BCUT2D eigenvalue weighted by molar-refractivity contribution is -0.118. The molecule has 4 nitrogen and oxygen atoms in total. The van der Waals surface area contributed by atoms with Gasteiger partial charge in [-0.15, -0.1) is 0 Å². The average molecular weight is 363 g/mol. The lowest BCUT2D eigenvalue weighted by Gasteiger charge is -2.29. The fourth-order valence-electron chi connectivity index (χ4n) is 2.72. The second kappa shape index (κ2) is 7.46. The predicted octanol–water partition coefficient (Wildman–Crippen LogP) is 3.76. The van der Waals surface area contributed by atoms with Gasteiger partial charge in [0, 0.05) is 16.1 Å². The smallest absolute Gasteiger partial charge is 0.262 e. The van der Waals surface area contributed by atoms with Gasteiger partial charge in [0.25, 0.3) is 5.91 Å². The van der Waals surface area contributed by atoms with Gasteiger partial charge in [0.05, 0.1) is 0 Å². The molecule has 116 valence electrons. The topological polar surface area (TPSA) is 73.1 Å². The number of nitrogens with one attached hydrogen (secondary N) is 1. The van der Waals surface area contributed by atoms with E-state index < -0.39 is 0 Å². The Hall–Kier alpha value is -1.80. The molecule has 0 radical (unpaired) electrons.